The minimum Gasteiger partial charge on any atom is -0.493 e. The third kappa shape index (κ3) is 5.48. The molecular formula is C23H25N3O3. The van der Waals surface area contributed by atoms with Gasteiger partial charge < -0.3 is 20.1 Å². The Morgan fingerprint density at radius 2 is 1.79 bits per heavy atom. The first-order valence-corrected chi connectivity index (χ1v) is 9.37. The van der Waals surface area contributed by atoms with Crippen LogP contribution >= 0.6 is 0 Å². The first-order chi connectivity index (χ1) is 14.1. The van der Waals surface area contributed by atoms with E-state index in [0.29, 0.717) is 30.0 Å². The molecule has 29 heavy (non-hydrogen) atoms. The molecule has 2 N–H and O–H groups in total. The Kier molecular flexibility index (Phi) is 6.68. The quantitative estimate of drug-likeness (QED) is 0.604. The van der Waals surface area contributed by atoms with Gasteiger partial charge in [0.05, 0.1) is 31.7 Å². The zero-order valence-corrected chi connectivity index (χ0v) is 16.9. The van der Waals surface area contributed by atoms with E-state index >= 15 is 0 Å². The zero-order valence-electron chi connectivity index (χ0n) is 16.9. The number of hydrogen-bond acceptors (Lipinski definition) is 5. The van der Waals surface area contributed by atoms with E-state index < -0.39 is 0 Å². The molecule has 3 rings (SSSR count). The van der Waals surface area contributed by atoms with Crippen molar-refractivity contribution in [1.82, 2.24) is 10.3 Å². The van der Waals surface area contributed by atoms with Crippen molar-refractivity contribution in [2.75, 3.05) is 26.1 Å². The van der Waals surface area contributed by atoms with Gasteiger partial charge in [0, 0.05) is 18.4 Å². The third-order valence-corrected chi connectivity index (χ3v) is 4.45. The molecule has 0 aliphatic heterocycles. The van der Waals surface area contributed by atoms with Crippen molar-refractivity contribution in [2.45, 2.75) is 13.3 Å². The summed E-state index contributed by atoms with van der Waals surface area (Å²) in [6, 6.07) is 15.6. The second-order valence-electron chi connectivity index (χ2n) is 6.65. The normalized spacial score (nSPS) is 10.3. The maximum atomic E-state index is 12.5. The number of aryl methyl sites for hydroxylation is 1. The summed E-state index contributed by atoms with van der Waals surface area (Å²) in [4.78, 5) is 16.7. The summed E-state index contributed by atoms with van der Waals surface area (Å²) in [5.41, 5.74) is 4.44. The number of amides is 1. The second-order valence-corrected chi connectivity index (χ2v) is 6.65. The van der Waals surface area contributed by atoms with Gasteiger partial charge in [-0.05, 0) is 54.8 Å². The van der Waals surface area contributed by atoms with Crippen LogP contribution in [0.5, 0.6) is 11.5 Å². The van der Waals surface area contributed by atoms with Crippen LogP contribution in [-0.2, 0) is 6.42 Å². The van der Waals surface area contributed by atoms with E-state index in [1.807, 2.05) is 49.4 Å². The number of aromatic nitrogens is 1. The van der Waals surface area contributed by atoms with E-state index in [1.54, 1.807) is 32.7 Å². The van der Waals surface area contributed by atoms with Crippen LogP contribution in [0.2, 0.25) is 0 Å². The van der Waals surface area contributed by atoms with Gasteiger partial charge in [-0.2, -0.15) is 0 Å². The average Bonchev–Trinajstić information content (AvgIpc) is 2.73. The lowest BCUT2D eigenvalue weighted by Crippen LogP contribution is -2.25. The van der Waals surface area contributed by atoms with Crippen molar-refractivity contribution in [3.05, 3.63) is 77.6 Å². The highest BCUT2D eigenvalue weighted by Gasteiger charge is 2.08. The Balaban J connectivity index is 1.58. The molecule has 0 aliphatic rings. The third-order valence-electron chi connectivity index (χ3n) is 4.45. The maximum absolute atomic E-state index is 12.5. The summed E-state index contributed by atoms with van der Waals surface area (Å²) in [6.45, 7) is 2.54. The minimum absolute atomic E-state index is 0.161. The fraction of sp³-hybridized carbons (Fsp3) is 0.217. The summed E-state index contributed by atoms with van der Waals surface area (Å²) in [7, 11) is 3.21. The van der Waals surface area contributed by atoms with Gasteiger partial charge >= 0.3 is 0 Å². The SMILES string of the molecule is COc1ccc(CCNC(=O)c2cncc(Nc3cccc(C)c3)c2)cc1OC. The molecule has 6 heteroatoms. The van der Waals surface area contributed by atoms with Crippen molar-refractivity contribution in [1.29, 1.82) is 0 Å². The molecule has 0 saturated carbocycles. The molecule has 0 fully saturated rings. The number of nitrogens with one attached hydrogen (secondary N) is 2. The number of rotatable bonds is 8. The van der Waals surface area contributed by atoms with Gasteiger partial charge in [0.25, 0.3) is 5.91 Å². The molecule has 150 valence electrons. The Morgan fingerprint density at radius 3 is 2.55 bits per heavy atom. The first kappa shape index (κ1) is 20.2. The number of hydrogen-bond donors (Lipinski definition) is 2. The van der Waals surface area contributed by atoms with Gasteiger partial charge in [0.2, 0.25) is 0 Å². The zero-order chi connectivity index (χ0) is 20.6. The molecule has 2 aromatic carbocycles. The van der Waals surface area contributed by atoms with Crippen LogP contribution in [0.25, 0.3) is 0 Å². The summed E-state index contributed by atoms with van der Waals surface area (Å²) in [5.74, 6) is 1.20. The van der Waals surface area contributed by atoms with E-state index in [9.17, 15) is 4.79 Å². The number of ether oxygens (including phenoxy) is 2. The van der Waals surface area contributed by atoms with Crippen LogP contribution in [0.4, 0.5) is 11.4 Å². The van der Waals surface area contributed by atoms with Crippen LogP contribution in [0.1, 0.15) is 21.5 Å². The summed E-state index contributed by atoms with van der Waals surface area (Å²) in [5, 5.41) is 6.21. The molecule has 6 nitrogen and oxygen atoms in total. The predicted molar refractivity (Wildman–Crippen MR) is 114 cm³/mol. The standard InChI is InChI=1S/C23H25N3O3/c1-16-5-4-6-19(11-16)26-20-13-18(14-24-15-20)23(27)25-10-9-17-7-8-21(28-2)22(12-17)29-3/h4-8,11-15,26H,9-10H2,1-3H3,(H,25,27). The van der Waals surface area contributed by atoms with E-state index in [1.165, 1.54) is 0 Å². The smallest absolute Gasteiger partial charge is 0.252 e. The molecular weight excluding hydrogens is 366 g/mol. The number of methoxy groups -OCH3 is 2. The molecule has 1 aromatic heterocycles. The molecule has 3 aromatic rings. The number of nitrogens with zero attached hydrogens (tertiary/aromatic N) is 1. The van der Waals surface area contributed by atoms with Gasteiger partial charge in [-0.15, -0.1) is 0 Å². The van der Waals surface area contributed by atoms with Crippen molar-refractivity contribution in [3.8, 4) is 11.5 Å². The van der Waals surface area contributed by atoms with Crippen molar-refractivity contribution < 1.29 is 14.3 Å². The molecule has 0 bridgehead atoms. The monoisotopic (exact) mass is 391 g/mol. The van der Waals surface area contributed by atoms with E-state index in [4.69, 9.17) is 9.47 Å². The van der Waals surface area contributed by atoms with Gasteiger partial charge in [-0.3, -0.25) is 9.78 Å². The fourth-order valence-corrected chi connectivity index (χ4v) is 2.98. The maximum Gasteiger partial charge on any atom is 0.252 e. The van der Waals surface area contributed by atoms with Crippen LogP contribution in [0, 0.1) is 6.92 Å². The molecule has 0 radical (unpaired) electrons. The topological polar surface area (TPSA) is 72.5 Å². The van der Waals surface area contributed by atoms with Gasteiger partial charge in [0.1, 0.15) is 0 Å². The van der Waals surface area contributed by atoms with Gasteiger partial charge in [-0.1, -0.05) is 18.2 Å². The van der Waals surface area contributed by atoms with E-state index in [0.717, 1.165) is 22.5 Å². The fourth-order valence-electron chi connectivity index (χ4n) is 2.98. The average molecular weight is 391 g/mol. The highest BCUT2D eigenvalue weighted by molar-refractivity contribution is 5.94. The van der Waals surface area contributed by atoms with Gasteiger partial charge in [-0.25, -0.2) is 0 Å². The van der Waals surface area contributed by atoms with Crippen LogP contribution in [0.15, 0.2) is 60.9 Å². The highest BCUT2D eigenvalue weighted by Crippen LogP contribution is 2.27. The van der Waals surface area contributed by atoms with Crippen LogP contribution in [0.3, 0.4) is 0 Å². The minimum atomic E-state index is -0.161. The summed E-state index contributed by atoms with van der Waals surface area (Å²) < 4.78 is 10.6. The molecule has 0 spiro atoms. The van der Waals surface area contributed by atoms with Crippen molar-refractivity contribution >= 4 is 17.3 Å². The Hall–Kier alpha value is -3.54. The lowest BCUT2D eigenvalue weighted by molar-refractivity contribution is 0.0954. The number of benzene rings is 2. The number of carbonyl (C=O) groups is 1. The molecule has 0 unspecified atom stereocenters. The molecule has 1 heterocycles. The highest BCUT2D eigenvalue weighted by atomic mass is 16.5. The molecule has 0 saturated heterocycles. The number of pyridine rings is 1. The molecule has 0 aliphatic carbocycles. The molecule has 0 atom stereocenters. The lowest BCUT2D eigenvalue weighted by Gasteiger charge is -2.11. The van der Waals surface area contributed by atoms with Gasteiger partial charge in [0.15, 0.2) is 11.5 Å². The number of anilines is 2. The van der Waals surface area contributed by atoms with Crippen molar-refractivity contribution in [3.63, 3.8) is 0 Å². The summed E-state index contributed by atoms with van der Waals surface area (Å²) in [6.07, 6.45) is 3.94. The van der Waals surface area contributed by atoms with E-state index in [2.05, 4.69) is 15.6 Å². The van der Waals surface area contributed by atoms with Crippen LogP contribution < -0.4 is 20.1 Å². The Labute approximate surface area is 170 Å². The van der Waals surface area contributed by atoms with Crippen molar-refractivity contribution in [2.24, 2.45) is 0 Å². The molecule has 1 amide bonds. The lowest BCUT2D eigenvalue weighted by atomic mass is 10.1. The first-order valence-electron chi connectivity index (χ1n) is 9.37. The Morgan fingerprint density at radius 1 is 0.966 bits per heavy atom. The van der Waals surface area contributed by atoms with E-state index in [-0.39, 0.29) is 5.91 Å². The predicted octanol–water partition coefficient (Wildman–Crippen LogP) is 4.12. The second kappa shape index (κ2) is 9.59. The Bertz CT molecular complexity index is 989. The number of carbonyl (C=O) groups excluding carboxylic acids is 1. The van der Waals surface area contributed by atoms with Crippen LogP contribution in [-0.4, -0.2) is 31.7 Å². The summed E-state index contributed by atoms with van der Waals surface area (Å²) >= 11 is 0. The largest absolute Gasteiger partial charge is 0.493 e.